The van der Waals surface area contributed by atoms with Crippen molar-refractivity contribution in [2.75, 3.05) is 18.6 Å². The summed E-state index contributed by atoms with van der Waals surface area (Å²) in [5.74, 6) is 0.302. The number of hydrogen-bond acceptors (Lipinski definition) is 5. The van der Waals surface area contributed by atoms with Gasteiger partial charge in [0.05, 0.1) is 17.5 Å². The molecule has 7 nitrogen and oxygen atoms in total. The van der Waals surface area contributed by atoms with Crippen molar-refractivity contribution >= 4 is 17.3 Å². The van der Waals surface area contributed by atoms with Crippen LogP contribution in [-0.4, -0.2) is 39.7 Å². The predicted octanol–water partition coefficient (Wildman–Crippen LogP) is 4.39. The number of aliphatic hydroxyl groups is 1. The van der Waals surface area contributed by atoms with Crippen molar-refractivity contribution in [2.45, 2.75) is 45.3 Å². The zero-order valence-electron chi connectivity index (χ0n) is 19.8. The molecule has 0 unspecified atom stereocenters. The Bertz CT molecular complexity index is 1120. The maximum Gasteiger partial charge on any atom is 0.231 e. The molecule has 0 saturated heterocycles. The highest BCUT2D eigenvalue weighted by Crippen LogP contribution is 2.35. The van der Waals surface area contributed by atoms with Gasteiger partial charge in [-0.3, -0.25) is 14.4 Å². The first-order valence-electron chi connectivity index (χ1n) is 11.8. The number of nitrogens with zero attached hydrogens (tertiary/aromatic N) is 4. The number of rotatable bonds is 10. The summed E-state index contributed by atoms with van der Waals surface area (Å²) in [4.78, 5) is 14.5. The molecule has 0 saturated carbocycles. The van der Waals surface area contributed by atoms with Gasteiger partial charge in [0.1, 0.15) is 0 Å². The van der Waals surface area contributed by atoms with Crippen molar-refractivity contribution in [2.24, 2.45) is 5.92 Å². The Morgan fingerprint density at radius 2 is 1.94 bits per heavy atom. The number of ether oxygens (including phenoxy) is 1. The lowest BCUT2D eigenvalue weighted by Crippen LogP contribution is -2.30. The Labute approximate surface area is 200 Å². The molecule has 0 fully saturated rings. The quantitative estimate of drug-likeness (QED) is 0.454. The Morgan fingerprint density at radius 3 is 2.71 bits per heavy atom. The van der Waals surface area contributed by atoms with Gasteiger partial charge in [0.25, 0.3) is 0 Å². The fourth-order valence-corrected chi connectivity index (χ4v) is 4.47. The van der Waals surface area contributed by atoms with E-state index in [9.17, 15) is 4.79 Å². The standard InChI is InChI=1S/C27H32N4O3/c1-20(7-5-6-17-30-19-23(16-18-32)28-29-30)27(34-2)22-10-13-24(14-11-22)31-25-9-4-3-8-21(25)12-15-26(31)33/h3-5,7-11,13-14,19-20,27,32H,6,12,15-18H2,1-2H3/b7-5+/t20-,27+/m1/s1. The molecule has 1 N–H and O–H groups in total. The fourth-order valence-electron chi connectivity index (χ4n) is 4.47. The van der Waals surface area contributed by atoms with Gasteiger partial charge in [-0.05, 0) is 42.2 Å². The van der Waals surface area contributed by atoms with Crippen LogP contribution in [0.2, 0.25) is 0 Å². The minimum absolute atomic E-state index is 0.0805. The van der Waals surface area contributed by atoms with E-state index in [1.54, 1.807) is 11.8 Å². The molecule has 3 aromatic rings. The number of hydrogen-bond donors (Lipinski definition) is 1. The normalized spacial score (nSPS) is 15.5. The second-order valence-corrected chi connectivity index (χ2v) is 8.63. The van der Waals surface area contributed by atoms with Crippen LogP contribution < -0.4 is 4.90 Å². The van der Waals surface area contributed by atoms with Gasteiger partial charge in [-0.2, -0.15) is 0 Å². The van der Waals surface area contributed by atoms with E-state index in [1.807, 2.05) is 41.4 Å². The molecule has 0 bridgehead atoms. The molecular formula is C27H32N4O3. The molecule has 34 heavy (non-hydrogen) atoms. The van der Waals surface area contributed by atoms with E-state index in [4.69, 9.17) is 9.84 Å². The first-order chi connectivity index (χ1) is 16.6. The van der Waals surface area contributed by atoms with Crippen LogP contribution in [0.1, 0.15) is 42.7 Å². The number of carbonyl (C=O) groups excluding carboxylic acids is 1. The van der Waals surface area contributed by atoms with Crippen molar-refractivity contribution in [3.63, 3.8) is 0 Å². The van der Waals surface area contributed by atoms with Crippen molar-refractivity contribution in [3.8, 4) is 0 Å². The number of carbonyl (C=O) groups is 1. The first-order valence-corrected chi connectivity index (χ1v) is 11.8. The summed E-state index contributed by atoms with van der Waals surface area (Å²) in [6, 6.07) is 16.2. The molecule has 1 amide bonds. The zero-order chi connectivity index (χ0) is 23.9. The molecule has 2 atom stereocenters. The van der Waals surface area contributed by atoms with Crippen LogP contribution in [0.4, 0.5) is 11.4 Å². The topological polar surface area (TPSA) is 80.5 Å². The fraction of sp³-hybridized carbons (Fsp3) is 0.370. The van der Waals surface area contributed by atoms with Crippen molar-refractivity contribution < 1.29 is 14.6 Å². The number of anilines is 2. The Balaban J connectivity index is 1.39. The number of aryl methyl sites for hydroxylation is 2. The molecule has 1 aromatic heterocycles. The van der Waals surface area contributed by atoms with Crippen LogP contribution in [0.5, 0.6) is 0 Å². The molecule has 7 heteroatoms. The van der Waals surface area contributed by atoms with Gasteiger partial charge < -0.3 is 9.84 Å². The third-order valence-corrected chi connectivity index (χ3v) is 6.22. The lowest BCUT2D eigenvalue weighted by atomic mass is 9.95. The molecule has 178 valence electrons. The number of aromatic nitrogens is 3. The maximum absolute atomic E-state index is 12.7. The van der Waals surface area contributed by atoms with Crippen LogP contribution >= 0.6 is 0 Å². The molecule has 1 aliphatic heterocycles. The number of amides is 1. The molecule has 2 aromatic carbocycles. The summed E-state index contributed by atoms with van der Waals surface area (Å²) in [6.45, 7) is 2.95. The van der Waals surface area contributed by atoms with Gasteiger partial charge in [-0.25, -0.2) is 0 Å². The molecule has 4 rings (SSSR count). The second-order valence-electron chi connectivity index (χ2n) is 8.63. The van der Waals surface area contributed by atoms with Crippen molar-refractivity contribution in [1.29, 1.82) is 0 Å². The van der Waals surface area contributed by atoms with Crippen molar-refractivity contribution in [1.82, 2.24) is 15.0 Å². The number of aliphatic hydroxyl groups excluding tert-OH is 1. The summed E-state index contributed by atoms with van der Waals surface area (Å²) in [6.07, 6.45) is 8.77. The van der Waals surface area contributed by atoms with Crippen molar-refractivity contribution in [3.05, 3.63) is 83.7 Å². The maximum atomic E-state index is 12.7. The molecule has 0 radical (unpaired) electrons. The number of fused-ring (bicyclic) bond motifs is 1. The average molecular weight is 461 g/mol. The van der Waals surface area contributed by atoms with E-state index in [0.717, 1.165) is 42.0 Å². The Morgan fingerprint density at radius 1 is 1.15 bits per heavy atom. The minimum Gasteiger partial charge on any atom is -0.396 e. The molecule has 0 aliphatic carbocycles. The number of benzene rings is 2. The van der Waals surface area contributed by atoms with Gasteiger partial charge in [-0.1, -0.05) is 54.6 Å². The molecule has 0 spiro atoms. The van der Waals surface area contributed by atoms with Gasteiger partial charge in [0, 0.05) is 50.9 Å². The SMILES string of the molecule is CO[C@H](c1ccc(N2C(=O)CCc3ccccc32)cc1)[C@H](C)/C=C/CCn1cc(CCO)nn1. The van der Waals surface area contributed by atoms with E-state index in [1.165, 1.54) is 5.56 Å². The molecule has 1 aliphatic rings. The summed E-state index contributed by atoms with van der Waals surface area (Å²) >= 11 is 0. The van der Waals surface area contributed by atoms with Crippen LogP contribution in [0.3, 0.4) is 0 Å². The van der Waals surface area contributed by atoms with Gasteiger partial charge in [0.15, 0.2) is 0 Å². The van der Waals surface area contributed by atoms with E-state index in [2.05, 4.69) is 47.6 Å². The van der Waals surface area contributed by atoms with Gasteiger partial charge in [0.2, 0.25) is 5.91 Å². The third-order valence-electron chi connectivity index (χ3n) is 6.22. The van der Waals surface area contributed by atoms with Crippen LogP contribution in [0.25, 0.3) is 0 Å². The highest BCUT2D eigenvalue weighted by atomic mass is 16.5. The van der Waals surface area contributed by atoms with E-state index in [0.29, 0.717) is 12.8 Å². The monoisotopic (exact) mass is 460 g/mol. The lowest BCUT2D eigenvalue weighted by molar-refractivity contribution is -0.118. The second kappa shape index (κ2) is 11.2. The number of methoxy groups -OCH3 is 1. The summed E-state index contributed by atoms with van der Waals surface area (Å²) in [7, 11) is 1.73. The van der Waals surface area contributed by atoms with E-state index in [-0.39, 0.29) is 24.5 Å². The zero-order valence-corrected chi connectivity index (χ0v) is 19.8. The molecule has 2 heterocycles. The van der Waals surface area contributed by atoms with Crippen LogP contribution in [0.15, 0.2) is 66.9 Å². The van der Waals surface area contributed by atoms with E-state index >= 15 is 0 Å². The van der Waals surface area contributed by atoms with E-state index < -0.39 is 0 Å². The lowest BCUT2D eigenvalue weighted by Gasteiger charge is -2.30. The highest BCUT2D eigenvalue weighted by molar-refractivity contribution is 6.03. The Kier molecular flexibility index (Phi) is 7.87. The van der Waals surface area contributed by atoms with Crippen LogP contribution in [0, 0.1) is 5.92 Å². The van der Waals surface area contributed by atoms with Gasteiger partial charge in [-0.15, -0.1) is 5.10 Å². The average Bonchev–Trinajstić information content (AvgIpc) is 3.30. The predicted molar refractivity (Wildman–Crippen MR) is 132 cm³/mol. The smallest absolute Gasteiger partial charge is 0.231 e. The number of allylic oxidation sites excluding steroid dienone is 1. The molecular weight excluding hydrogens is 428 g/mol. The van der Waals surface area contributed by atoms with Crippen LogP contribution in [-0.2, 0) is 28.9 Å². The highest BCUT2D eigenvalue weighted by Gasteiger charge is 2.25. The van der Waals surface area contributed by atoms with Gasteiger partial charge >= 0.3 is 0 Å². The summed E-state index contributed by atoms with van der Waals surface area (Å²) in [5.41, 5.74) is 4.94. The first kappa shape index (κ1) is 23.9. The number of para-hydroxylation sites is 1. The minimum atomic E-state index is -0.0860. The Hall–Kier alpha value is -3.29. The summed E-state index contributed by atoms with van der Waals surface area (Å²) < 4.78 is 7.62. The summed E-state index contributed by atoms with van der Waals surface area (Å²) in [5, 5.41) is 17.1. The largest absolute Gasteiger partial charge is 0.396 e. The third kappa shape index (κ3) is 5.43.